The van der Waals surface area contributed by atoms with Crippen LogP contribution < -0.4 is 5.32 Å². The first-order valence-electron chi connectivity index (χ1n) is 7.80. The summed E-state index contributed by atoms with van der Waals surface area (Å²) in [6.07, 6.45) is 0. The van der Waals surface area contributed by atoms with E-state index in [-0.39, 0.29) is 11.7 Å². The summed E-state index contributed by atoms with van der Waals surface area (Å²) in [6, 6.07) is 15.2. The van der Waals surface area contributed by atoms with Crippen molar-refractivity contribution in [2.24, 2.45) is 0 Å². The van der Waals surface area contributed by atoms with Crippen molar-refractivity contribution >= 4 is 35.1 Å². The third-order valence-electron chi connectivity index (χ3n) is 3.62. The zero-order valence-electron chi connectivity index (χ0n) is 13.9. The molecule has 0 aliphatic carbocycles. The number of anilines is 1. The van der Waals surface area contributed by atoms with Gasteiger partial charge in [0.15, 0.2) is 5.82 Å². The molecule has 0 bridgehead atoms. The van der Waals surface area contributed by atoms with Crippen LogP contribution in [0.3, 0.4) is 0 Å². The van der Waals surface area contributed by atoms with Crippen molar-refractivity contribution in [2.75, 3.05) is 5.32 Å². The molecule has 2 aromatic carbocycles. The Kier molecular flexibility index (Phi) is 5.85. The average Bonchev–Trinajstić information content (AvgIpc) is 2.63. The Labute approximate surface area is 159 Å². The van der Waals surface area contributed by atoms with Crippen molar-refractivity contribution in [3.63, 3.8) is 0 Å². The Morgan fingerprint density at radius 2 is 1.88 bits per heavy atom. The maximum atomic E-state index is 13.8. The monoisotopic (exact) mass is 387 g/mol. The van der Waals surface area contributed by atoms with Crippen LogP contribution in [0.25, 0.3) is 0 Å². The van der Waals surface area contributed by atoms with Crippen LogP contribution >= 0.6 is 23.4 Å². The Hall–Kier alpha value is -2.44. The lowest BCUT2D eigenvalue weighted by molar-refractivity contribution is 0.102. The van der Waals surface area contributed by atoms with Gasteiger partial charge in [-0.3, -0.25) is 4.79 Å². The van der Waals surface area contributed by atoms with Gasteiger partial charge in [0.05, 0.1) is 0 Å². The maximum absolute atomic E-state index is 13.8. The lowest BCUT2D eigenvalue weighted by atomic mass is 10.1. The van der Waals surface area contributed by atoms with Crippen molar-refractivity contribution in [1.82, 2.24) is 10.2 Å². The van der Waals surface area contributed by atoms with E-state index >= 15 is 0 Å². The minimum Gasteiger partial charge on any atom is -0.305 e. The Bertz CT molecular complexity index is 897. The fourth-order valence-electron chi connectivity index (χ4n) is 2.17. The van der Waals surface area contributed by atoms with Crippen LogP contribution in [-0.2, 0) is 5.75 Å². The molecule has 1 aromatic heterocycles. The molecule has 4 nitrogen and oxygen atoms in total. The number of hydrogen-bond donors (Lipinski definition) is 1. The van der Waals surface area contributed by atoms with E-state index in [1.54, 1.807) is 36.4 Å². The number of nitrogens with zero attached hydrogens (tertiary/aromatic N) is 2. The molecule has 0 radical (unpaired) electrons. The second-order valence-corrected chi connectivity index (χ2v) is 6.97. The Morgan fingerprint density at radius 3 is 2.54 bits per heavy atom. The van der Waals surface area contributed by atoms with Gasteiger partial charge in [-0.25, -0.2) is 4.39 Å². The molecule has 0 unspecified atom stereocenters. The molecule has 1 heterocycles. The lowest BCUT2D eigenvalue weighted by Crippen LogP contribution is -2.13. The van der Waals surface area contributed by atoms with Crippen molar-refractivity contribution in [2.45, 2.75) is 17.7 Å². The van der Waals surface area contributed by atoms with Gasteiger partial charge >= 0.3 is 0 Å². The highest BCUT2D eigenvalue weighted by atomic mass is 35.5. The van der Waals surface area contributed by atoms with E-state index < -0.39 is 0 Å². The standard InChI is InChI=1S/C19H15ClFN3OS/c1-12-5-7-13(8-6-12)19(25)22-17-9-10-18(24-23-17)26-11-14-15(20)3-2-4-16(14)21/h2-10H,11H2,1H3,(H,22,23,25). The molecule has 0 aliphatic rings. The van der Waals surface area contributed by atoms with E-state index in [0.29, 0.717) is 32.7 Å². The van der Waals surface area contributed by atoms with Gasteiger partial charge in [-0.05, 0) is 43.3 Å². The van der Waals surface area contributed by atoms with Crippen LogP contribution in [0, 0.1) is 12.7 Å². The highest BCUT2D eigenvalue weighted by Gasteiger charge is 2.10. The summed E-state index contributed by atoms with van der Waals surface area (Å²) in [7, 11) is 0. The minimum absolute atomic E-state index is 0.252. The number of amides is 1. The Morgan fingerprint density at radius 1 is 1.12 bits per heavy atom. The fraction of sp³-hybridized carbons (Fsp3) is 0.105. The smallest absolute Gasteiger partial charge is 0.256 e. The van der Waals surface area contributed by atoms with Crippen LogP contribution in [0.15, 0.2) is 59.6 Å². The third-order valence-corrected chi connectivity index (χ3v) is 4.92. The summed E-state index contributed by atoms with van der Waals surface area (Å²) >= 11 is 7.33. The quantitative estimate of drug-likeness (QED) is 0.617. The molecular formula is C19H15ClFN3OS. The molecule has 3 rings (SSSR count). The number of benzene rings is 2. The molecule has 132 valence electrons. The first-order valence-corrected chi connectivity index (χ1v) is 9.17. The molecule has 1 N–H and O–H groups in total. The molecule has 0 saturated carbocycles. The summed E-state index contributed by atoms with van der Waals surface area (Å²) in [5.74, 6) is 0.0940. The number of hydrogen-bond acceptors (Lipinski definition) is 4. The number of thioether (sulfide) groups is 1. The van der Waals surface area contributed by atoms with Gasteiger partial charge in [0, 0.05) is 21.9 Å². The third kappa shape index (κ3) is 4.59. The normalized spacial score (nSPS) is 10.6. The molecular weight excluding hydrogens is 373 g/mol. The fourth-order valence-corrected chi connectivity index (χ4v) is 3.33. The van der Waals surface area contributed by atoms with Crippen LogP contribution in [0.4, 0.5) is 10.2 Å². The summed E-state index contributed by atoms with van der Waals surface area (Å²) in [6.45, 7) is 1.96. The second-order valence-electron chi connectivity index (χ2n) is 5.57. The predicted octanol–water partition coefficient (Wildman–Crippen LogP) is 5.12. The minimum atomic E-state index is -0.347. The van der Waals surface area contributed by atoms with E-state index in [0.717, 1.165) is 5.56 Å². The van der Waals surface area contributed by atoms with E-state index in [1.165, 1.54) is 17.8 Å². The van der Waals surface area contributed by atoms with Gasteiger partial charge in [-0.2, -0.15) is 0 Å². The van der Waals surface area contributed by atoms with E-state index in [1.807, 2.05) is 19.1 Å². The maximum Gasteiger partial charge on any atom is 0.256 e. The van der Waals surface area contributed by atoms with Crippen molar-refractivity contribution in [1.29, 1.82) is 0 Å². The largest absolute Gasteiger partial charge is 0.305 e. The van der Waals surface area contributed by atoms with Crippen LogP contribution in [0.2, 0.25) is 5.02 Å². The van der Waals surface area contributed by atoms with Gasteiger partial charge in [0.25, 0.3) is 5.91 Å². The zero-order valence-corrected chi connectivity index (χ0v) is 15.4. The number of nitrogens with one attached hydrogen (secondary N) is 1. The first-order chi connectivity index (χ1) is 12.5. The van der Waals surface area contributed by atoms with Crippen LogP contribution in [0.1, 0.15) is 21.5 Å². The summed E-state index contributed by atoms with van der Waals surface area (Å²) in [5.41, 5.74) is 2.06. The number of aromatic nitrogens is 2. The van der Waals surface area contributed by atoms with E-state index in [4.69, 9.17) is 11.6 Å². The zero-order chi connectivity index (χ0) is 18.5. The van der Waals surface area contributed by atoms with Gasteiger partial charge < -0.3 is 5.32 Å². The average molecular weight is 388 g/mol. The highest BCUT2D eigenvalue weighted by molar-refractivity contribution is 7.98. The SMILES string of the molecule is Cc1ccc(C(=O)Nc2ccc(SCc3c(F)cccc3Cl)nn2)cc1. The second kappa shape index (κ2) is 8.29. The van der Waals surface area contributed by atoms with Gasteiger partial charge in [0.2, 0.25) is 0 Å². The molecule has 3 aromatic rings. The number of carbonyl (C=O) groups is 1. The van der Waals surface area contributed by atoms with Gasteiger partial charge in [0.1, 0.15) is 10.8 Å². The molecule has 0 spiro atoms. The predicted molar refractivity (Wildman–Crippen MR) is 102 cm³/mol. The lowest BCUT2D eigenvalue weighted by Gasteiger charge is -2.06. The molecule has 0 aliphatic heterocycles. The highest BCUT2D eigenvalue weighted by Crippen LogP contribution is 2.27. The summed E-state index contributed by atoms with van der Waals surface area (Å²) < 4.78 is 13.8. The molecule has 0 atom stereocenters. The van der Waals surface area contributed by atoms with Crippen molar-refractivity contribution < 1.29 is 9.18 Å². The van der Waals surface area contributed by atoms with E-state index in [2.05, 4.69) is 15.5 Å². The number of aryl methyl sites for hydroxylation is 1. The van der Waals surface area contributed by atoms with Crippen LogP contribution in [-0.4, -0.2) is 16.1 Å². The van der Waals surface area contributed by atoms with E-state index in [9.17, 15) is 9.18 Å². The van der Waals surface area contributed by atoms with Crippen molar-refractivity contribution in [3.8, 4) is 0 Å². The molecule has 1 amide bonds. The Balaban J connectivity index is 1.61. The van der Waals surface area contributed by atoms with Crippen LogP contribution in [0.5, 0.6) is 0 Å². The van der Waals surface area contributed by atoms with Gasteiger partial charge in [-0.1, -0.05) is 47.1 Å². The topological polar surface area (TPSA) is 54.9 Å². The van der Waals surface area contributed by atoms with Crippen molar-refractivity contribution in [3.05, 3.63) is 82.1 Å². The number of rotatable bonds is 5. The first kappa shape index (κ1) is 18.4. The number of halogens is 2. The van der Waals surface area contributed by atoms with Gasteiger partial charge in [-0.15, -0.1) is 10.2 Å². The molecule has 0 saturated heterocycles. The molecule has 0 fully saturated rings. The summed E-state index contributed by atoms with van der Waals surface area (Å²) in [5, 5.41) is 11.7. The molecule has 26 heavy (non-hydrogen) atoms. The molecule has 7 heteroatoms. The summed E-state index contributed by atoms with van der Waals surface area (Å²) in [4.78, 5) is 12.2. The number of carbonyl (C=O) groups excluding carboxylic acids is 1.